The number of nitrogens with zero attached hydrogens (tertiary/aromatic N) is 1. The van der Waals surface area contributed by atoms with E-state index in [1.165, 1.54) is 12.1 Å². The van der Waals surface area contributed by atoms with Gasteiger partial charge in [-0.15, -0.1) is 0 Å². The molecule has 3 aromatic rings. The van der Waals surface area contributed by atoms with Crippen LogP contribution in [0, 0.1) is 22.3 Å². The van der Waals surface area contributed by atoms with Gasteiger partial charge in [0, 0.05) is 66.0 Å². The number of rotatable bonds is 7. The fraction of sp³-hybridized carbons (Fsp3) is 0.171. The fourth-order valence-electron chi connectivity index (χ4n) is 5.30. The van der Waals surface area contributed by atoms with Gasteiger partial charge in [0.2, 0.25) is 0 Å². The standard InChI is InChI=1S/C32H28N2O5S2.3CH3.3K/c35-21-9-10-24-29(17-21)39-31-25(30(24)22-6-2-3-7-23(22)32(37)38)11-12-28(36)26(31)18-33-27-8-4-1-5-20(27)19-34-13-15-40-41-16-14-34;;;;;;/h1-12,17,33,35H,13-16,18-19H2,(H,37,38);3*1H3;;;/q;3*-1;3*+1. The molecule has 0 bridgehead atoms. The Morgan fingerprint density at radius 3 is 2.21 bits per heavy atom. The molecule has 1 aliphatic carbocycles. The number of carbonyl (C=O) groups is 1. The van der Waals surface area contributed by atoms with Crippen molar-refractivity contribution in [1.29, 1.82) is 0 Å². The second-order valence-corrected chi connectivity index (χ2v) is 12.6. The molecule has 3 N–H and O–H groups in total. The van der Waals surface area contributed by atoms with E-state index < -0.39 is 5.97 Å². The summed E-state index contributed by atoms with van der Waals surface area (Å²) in [7, 11) is 3.83. The largest absolute Gasteiger partial charge is 1.00 e. The first kappa shape index (κ1) is 48.0. The Bertz CT molecular complexity index is 1780. The van der Waals surface area contributed by atoms with Gasteiger partial charge in [-0.3, -0.25) is 9.69 Å². The Morgan fingerprint density at radius 2 is 1.51 bits per heavy atom. The van der Waals surface area contributed by atoms with Crippen LogP contribution in [-0.4, -0.2) is 45.7 Å². The van der Waals surface area contributed by atoms with Crippen LogP contribution in [-0.2, 0) is 13.1 Å². The van der Waals surface area contributed by atoms with Crippen molar-refractivity contribution in [3.8, 4) is 28.2 Å². The number of aromatic carboxylic acids is 1. The van der Waals surface area contributed by atoms with Gasteiger partial charge in [0.25, 0.3) is 0 Å². The zero-order valence-electron chi connectivity index (χ0n) is 28.1. The van der Waals surface area contributed by atoms with Gasteiger partial charge in [0.1, 0.15) is 17.1 Å². The molecule has 6 rings (SSSR count). The molecule has 12 heteroatoms. The topological polar surface area (TPSA) is 103 Å². The molecule has 2 heterocycles. The molecule has 1 fully saturated rings. The van der Waals surface area contributed by atoms with Crippen LogP contribution in [0.15, 0.2) is 88.1 Å². The second kappa shape index (κ2) is 22.8. The summed E-state index contributed by atoms with van der Waals surface area (Å²) in [4.78, 5) is 27.9. The molecule has 47 heavy (non-hydrogen) atoms. The smallest absolute Gasteiger partial charge is 0.508 e. The van der Waals surface area contributed by atoms with Crippen LogP contribution < -0.4 is 165 Å². The van der Waals surface area contributed by atoms with Gasteiger partial charge in [-0.25, -0.2) is 4.79 Å². The van der Waals surface area contributed by atoms with Crippen molar-refractivity contribution in [3.05, 3.63) is 128 Å². The van der Waals surface area contributed by atoms with Crippen molar-refractivity contribution in [2.45, 2.75) is 13.1 Å². The summed E-state index contributed by atoms with van der Waals surface area (Å²) >= 11 is 0. The van der Waals surface area contributed by atoms with Gasteiger partial charge < -0.3 is 42.2 Å². The van der Waals surface area contributed by atoms with Crippen LogP contribution in [0.2, 0.25) is 0 Å². The number of hydrogen-bond donors (Lipinski definition) is 3. The van der Waals surface area contributed by atoms with Crippen LogP contribution in [0.1, 0.15) is 21.5 Å². The number of nitrogens with one attached hydrogen (secondary N) is 1. The maximum absolute atomic E-state index is 13.3. The Balaban J connectivity index is 0.00000353. The Morgan fingerprint density at radius 1 is 0.851 bits per heavy atom. The molecular formula is C35H37K3N2O5S2. The number of aromatic hydroxyl groups is 1. The summed E-state index contributed by atoms with van der Waals surface area (Å²) in [6.45, 7) is 3.08. The maximum Gasteiger partial charge on any atom is 1.00 e. The van der Waals surface area contributed by atoms with Gasteiger partial charge in [0.05, 0.1) is 11.1 Å². The van der Waals surface area contributed by atoms with Gasteiger partial charge in [0.15, 0.2) is 5.43 Å². The predicted molar refractivity (Wildman–Crippen MR) is 186 cm³/mol. The number of anilines is 1. The van der Waals surface area contributed by atoms with Gasteiger partial charge in [-0.05, 0) is 47.5 Å². The van der Waals surface area contributed by atoms with E-state index in [0.29, 0.717) is 39.0 Å². The monoisotopic (exact) mass is 746 g/mol. The number of benzene rings is 4. The third-order valence-corrected chi connectivity index (χ3v) is 9.66. The van der Waals surface area contributed by atoms with E-state index in [1.807, 2.05) is 39.8 Å². The minimum Gasteiger partial charge on any atom is -0.508 e. The molecule has 0 atom stereocenters. The van der Waals surface area contributed by atoms with E-state index in [1.54, 1.807) is 42.5 Å². The predicted octanol–water partition coefficient (Wildman–Crippen LogP) is -0.859. The molecule has 2 aliphatic heterocycles. The van der Waals surface area contributed by atoms with E-state index in [0.717, 1.165) is 42.4 Å². The molecule has 0 amide bonds. The average molecular weight is 747 g/mol. The number of fused-ring (bicyclic) bond motifs is 2. The van der Waals surface area contributed by atoms with Crippen LogP contribution in [0.3, 0.4) is 0 Å². The van der Waals surface area contributed by atoms with Crippen LogP contribution in [0.4, 0.5) is 5.69 Å². The molecule has 0 saturated carbocycles. The average Bonchev–Trinajstić information content (AvgIpc) is 3.25. The van der Waals surface area contributed by atoms with E-state index in [9.17, 15) is 19.8 Å². The first-order chi connectivity index (χ1) is 20.0. The number of carboxylic acid groups (broad SMARTS) is 1. The summed E-state index contributed by atoms with van der Waals surface area (Å²) in [5.74, 6) is 1.50. The van der Waals surface area contributed by atoms with Gasteiger partial charge in [-0.2, -0.15) is 0 Å². The minimum atomic E-state index is -1.05. The van der Waals surface area contributed by atoms with Crippen LogP contribution in [0.25, 0.3) is 33.4 Å². The Kier molecular flexibility index (Phi) is 23.3. The summed E-state index contributed by atoms with van der Waals surface area (Å²) in [6.07, 6.45) is 0. The molecule has 0 unspecified atom stereocenters. The quantitative estimate of drug-likeness (QED) is 0.0851. The Labute approximate surface area is 413 Å². The fourth-order valence-corrected chi connectivity index (χ4v) is 7.36. The zero-order valence-corrected chi connectivity index (χ0v) is 39.1. The van der Waals surface area contributed by atoms with Crippen LogP contribution in [0.5, 0.6) is 5.75 Å². The molecule has 232 valence electrons. The minimum absolute atomic E-state index is 0. The summed E-state index contributed by atoms with van der Waals surface area (Å²) in [6, 6.07) is 22.8. The molecule has 0 radical (unpaired) electrons. The molecular weight excluding hydrogens is 710 g/mol. The van der Waals surface area contributed by atoms with Crippen molar-refractivity contribution in [2.24, 2.45) is 0 Å². The molecule has 1 saturated heterocycles. The first-order valence-electron chi connectivity index (χ1n) is 13.3. The van der Waals surface area contributed by atoms with E-state index >= 15 is 0 Å². The van der Waals surface area contributed by atoms with Gasteiger partial charge >= 0.3 is 160 Å². The molecule has 0 spiro atoms. The molecule has 3 aliphatic rings. The molecule has 7 nitrogen and oxygen atoms in total. The van der Waals surface area contributed by atoms with Crippen molar-refractivity contribution in [2.75, 3.05) is 29.9 Å². The number of phenols is 1. The van der Waals surface area contributed by atoms with Gasteiger partial charge in [-0.1, -0.05) is 58.0 Å². The molecule has 3 aromatic carbocycles. The zero-order chi connectivity index (χ0) is 28.3. The third kappa shape index (κ3) is 11.5. The number of carboxylic acids is 1. The van der Waals surface area contributed by atoms with E-state index in [4.69, 9.17) is 4.42 Å². The first-order valence-corrected chi connectivity index (χ1v) is 15.8. The van der Waals surface area contributed by atoms with Crippen molar-refractivity contribution >= 4 is 44.2 Å². The van der Waals surface area contributed by atoms with E-state index in [-0.39, 0.29) is 200 Å². The third-order valence-electron chi connectivity index (χ3n) is 7.29. The summed E-state index contributed by atoms with van der Waals surface area (Å²) in [5, 5.41) is 24.3. The van der Waals surface area contributed by atoms with Crippen molar-refractivity contribution in [3.63, 3.8) is 0 Å². The summed E-state index contributed by atoms with van der Waals surface area (Å²) < 4.78 is 6.30. The number of para-hydroxylation sites is 1. The molecule has 0 aromatic heterocycles. The second-order valence-electron chi connectivity index (χ2n) is 9.86. The SMILES string of the molecule is O=C(O)c1ccccc1-c1c2ccc(=O)c(CNc3ccccc3CN3CCSSCC3)c-2oc2cc(O)ccc12.[CH3-].[CH3-].[CH3-].[K+].[K+].[K+]. The van der Waals surface area contributed by atoms with E-state index in [2.05, 4.69) is 16.3 Å². The number of phenolic OH excluding ortho intramolecular Hbond substituents is 1. The van der Waals surface area contributed by atoms with Crippen molar-refractivity contribution < 1.29 is 174 Å². The summed E-state index contributed by atoms with van der Waals surface area (Å²) in [5.41, 5.74) is 4.61. The maximum atomic E-state index is 13.3. The van der Waals surface area contributed by atoms with Crippen LogP contribution >= 0.6 is 21.6 Å². The Hall–Kier alpha value is 0.989. The normalized spacial score (nSPS) is 12.4. The number of hydrogen-bond acceptors (Lipinski definition) is 8. The van der Waals surface area contributed by atoms with Crippen molar-refractivity contribution in [1.82, 2.24) is 4.90 Å².